The molecule has 5 rings (SSSR count). The summed E-state index contributed by atoms with van der Waals surface area (Å²) >= 11 is 0. The molecule has 0 bridgehead atoms. The number of imidazole rings is 1. The molecule has 8 nitrogen and oxygen atoms in total. The Morgan fingerprint density at radius 1 is 1.21 bits per heavy atom. The highest BCUT2D eigenvalue weighted by molar-refractivity contribution is 5.89. The summed E-state index contributed by atoms with van der Waals surface area (Å²) in [6.45, 7) is 4.34. The van der Waals surface area contributed by atoms with Crippen molar-refractivity contribution in [2.24, 2.45) is 7.05 Å². The van der Waals surface area contributed by atoms with Crippen LogP contribution in [0.15, 0.2) is 41.7 Å². The lowest BCUT2D eigenvalue weighted by Gasteiger charge is -2.44. The van der Waals surface area contributed by atoms with E-state index in [0.717, 1.165) is 35.2 Å². The Morgan fingerprint density at radius 2 is 2.00 bits per heavy atom. The number of aryl methyl sites for hydroxylation is 1. The third-order valence-corrected chi connectivity index (χ3v) is 6.76. The van der Waals surface area contributed by atoms with Gasteiger partial charge in [-0.3, -0.25) is 14.5 Å². The topological polar surface area (TPSA) is 78.6 Å². The second-order valence-electron chi connectivity index (χ2n) is 9.26. The molecule has 3 aromatic rings. The molecule has 0 spiro atoms. The van der Waals surface area contributed by atoms with Crippen molar-refractivity contribution < 1.29 is 14.3 Å². The van der Waals surface area contributed by atoms with Crippen LogP contribution in [0.25, 0.3) is 11.3 Å². The SMILES string of the molecule is COC(=O)c1cn2c(cc1=O)-c1cc(OC)c(C#Cc3cncn3C)cc1C1CCC(C)(C)N12. The molecule has 8 heteroatoms. The zero-order chi connectivity index (χ0) is 24.2. The van der Waals surface area contributed by atoms with Gasteiger partial charge in [0.25, 0.3) is 0 Å². The van der Waals surface area contributed by atoms with E-state index in [1.54, 1.807) is 25.8 Å². The number of esters is 1. The van der Waals surface area contributed by atoms with Crippen molar-refractivity contribution in [3.63, 3.8) is 0 Å². The predicted octanol–water partition coefficient (Wildman–Crippen LogP) is 3.01. The van der Waals surface area contributed by atoms with Crippen LogP contribution in [-0.2, 0) is 11.8 Å². The second-order valence-corrected chi connectivity index (χ2v) is 9.26. The Labute approximate surface area is 197 Å². The van der Waals surface area contributed by atoms with Crippen molar-refractivity contribution in [2.75, 3.05) is 19.2 Å². The molecule has 0 saturated carbocycles. The molecule has 0 aliphatic carbocycles. The van der Waals surface area contributed by atoms with Gasteiger partial charge in [0.2, 0.25) is 0 Å². The molecule has 34 heavy (non-hydrogen) atoms. The number of methoxy groups -OCH3 is 2. The van der Waals surface area contributed by atoms with Crippen LogP contribution in [0.5, 0.6) is 5.75 Å². The normalized spacial score (nSPS) is 17.2. The first-order valence-electron chi connectivity index (χ1n) is 11.1. The summed E-state index contributed by atoms with van der Waals surface area (Å²) in [4.78, 5) is 29.2. The standard InChI is InChI=1S/C26H26N4O4/c1-26(2)9-8-21-18-10-16(6-7-17-13-27-15-28(17)3)24(33-4)11-19(18)22-12-23(31)20(25(32)34-5)14-29(22)30(21)26/h10-15,21H,8-9H2,1-5H3. The van der Waals surface area contributed by atoms with Gasteiger partial charge in [-0.2, -0.15) is 0 Å². The maximum Gasteiger partial charge on any atom is 0.343 e. The Kier molecular flexibility index (Phi) is 5.01. The first-order valence-corrected chi connectivity index (χ1v) is 11.1. The van der Waals surface area contributed by atoms with Crippen molar-refractivity contribution in [1.29, 1.82) is 0 Å². The highest BCUT2D eigenvalue weighted by Gasteiger charge is 2.45. The molecule has 174 valence electrons. The van der Waals surface area contributed by atoms with E-state index in [0.29, 0.717) is 11.4 Å². The molecule has 2 aliphatic rings. The first kappa shape index (κ1) is 21.8. The zero-order valence-electron chi connectivity index (χ0n) is 19.9. The van der Waals surface area contributed by atoms with Crippen molar-refractivity contribution in [3.05, 3.63) is 69.5 Å². The maximum absolute atomic E-state index is 12.8. The van der Waals surface area contributed by atoms with Gasteiger partial charge in [-0.1, -0.05) is 5.92 Å². The summed E-state index contributed by atoms with van der Waals surface area (Å²) in [6.07, 6.45) is 6.93. The molecule has 4 heterocycles. The molecular formula is C26H26N4O4. The number of fused-ring (bicyclic) bond motifs is 6. The highest BCUT2D eigenvalue weighted by atomic mass is 16.5. The van der Waals surface area contributed by atoms with Crippen molar-refractivity contribution in [1.82, 2.24) is 14.2 Å². The number of benzene rings is 1. The molecule has 1 aromatic carbocycles. The Bertz CT molecular complexity index is 1440. The molecule has 0 amide bonds. The number of hydrogen-bond donors (Lipinski definition) is 0. The third-order valence-electron chi connectivity index (χ3n) is 6.76. The van der Waals surface area contributed by atoms with Gasteiger partial charge < -0.3 is 14.0 Å². The summed E-state index contributed by atoms with van der Waals surface area (Å²) < 4.78 is 14.3. The van der Waals surface area contributed by atoms with Crippen LogP contribution in [0, 0.1) is 11.8 Å². The largest absolute Gasteiger partial charge is 0.495 e. The van der Waals surface area contributed by atoms with Crippen LogP contribution in [0.1, 0.15) is 59.9 Å². The Hall–Kier alpha value is -3.99. The van der Waals surface area contributed by atoms with Crippen LogP contribution in [0.3, 0.4) is 0 Å². The van der Waals surface area contributed by atoms with E-state index in [4.69, 9.17) is 9.47 Å². The molecule has 1 fully saturated rings. The second kappa shape index (κ2) is 7.80. The molecule has 1 saturated heterocycles. The average molecular weight is 459 g/mol. The van der Waals surface area contributed by atoms with Crippen molar-refractivity contribution >= 4 is 5.97 Å². The zero-order valence-corrected chi connectivity index (χ0v) is 19.9. The van der Waals surface area contributed by atoms with Crippen molar-refractivity contribution in [2.45, 2.75) is 38.3 Å². The average Bonchev–Trinajstić information content (AvgIpc) is 3.38. The number of hydrogen-bond acceptors (Lipinski definition) is 6. The maximum atomic E-state index is 12.8. The fourth-order valence-electron chi connectivity index (χ4n) is 5.01. The van der Waals surface area contributed by atoms with E-state index in [1.807, 2.05) is 22.4 Å². The number of ether oxygens (including phenoxy) is 2. The van der Waals surface area contributed by atoms with E-state index in [1.165, 1.54) is 13.2 Å². The van der Waals surface area contributed by atoms with Gasteiger partial charge in [0.1, 0.15) is 17.0 Å². The van der Waals surface area contributed by atoms with Gasteiger partial charge in [0, 0.05) is 24.9 Å². The van der Waals surface area contributed by atoms with Gasteiger partial charge in [0.05, 0.1) is 49.6 Å². The minimum atomic E-state index is -0.641. The summed E-state index contributed by atoms with van der Waals surface area (Å²) in [5.41, 5.74) is 3.73. The number of carbonyl (C=O) groups excluding carboxylic acids is 1. The summed E-state index contributed by atoms with van der Waals surface area (Å²) in [7, 11) is 4.79. The van der Waals surface area contributed by atoms with Crippen LogP contribution in [0.4, 0.5) is 0 Å². The molecule has 0 radical (unpaired) electrons. The minimum Gasteiger partial charge on any atom is -0.495 e. The van der Waals surface area contributed by atoms with E-state index in [-0.39, 0.29) is 22.6 Å². The molecular weight excluding hydrogens is 432 g/mol. The quantitative estimate of drug-likeness (QED) is 0.434. The number of nitrogens with zero attached hydrogens (tertiary/aromatic N) is 4. The number of carbonyl (C=O) groups is 1. The molecule has 2 aromatic heterocycles. The first-order chi connectivity index (χ1) is 16.2. The molecule has 0 N–H and O–H groups in total. The lowest BCUT2D eigenvalue weighted by atomic mass is 9.92. The van der Waals surface area contributed by atoms with E-state index < -0.39 is 5.97 Å². The number of aromatic nitrogens is 3. The fourth-order valence-corrected chi connectivity index (χ4v) is 5.01. The van der Waals surface area contributed by atoms with Crippen LogP contribution in [0.2, 0.25) is 0 Å². The Balaban J connectivity index is 1.74. The van der Waals surface area contributed by atoms with Crippen LogP contribution >= 0.6 is 0 Å². The summed E-state index contributed by atoms with van der Waals surface area (Å²) in [5, 5.41) is 2.25. The molecule has 1 unspecified atom stereocenters. The fraction of sp³-hybridized carbons (Fsp3) is 0.346. The molecule has 2 aliphatic heterocycles. The monoisotopic (exact) mass is 458 g/mol. The third kappa shape index (κ3) is 3.27. The summed E-state index contributed by atoms with van der Waals surface area (Å²) in [5.74, 6) is 6.39. The van der Waals surface area contributed by atoms with Gasteiger partial charge in [0.15, 0.2) is 5.43 Å². The lowest BCUT2D eigenvalue weighted by molar-refractivity contribution is 0.0598. The van der Waals surface area contributed by atoms with Crippen molar-refractivity contribution in [3.8, 4) is 28.8 Å². The van der Waals surface area contributed by atoms with Gasteiger partial charge in [-0.25, -0.2) is 9.78 Å². The van der Waals surface area contributed by atoms with Gasteiger partial charge in [-0.05, 0) is 50.3 Å². The van der Waals surface area contributed by atoms with Gasteiger partial charge in [-0.15, -0.1) is 0 Å². The smallest absolute Gasteiger partial charge is 0.343 e. The molecule has 1 atom stereocenters. The number of pyridine rings is 1. The highest BCUT2D eigenvalue weighted by Crippen LogP contribution is 2.49. The summed E-state index contributed by atoms with van der Waals surface area (Å²) in [6, 6.07) is 5.58. The minimum absolute atomic E-state index is 0.0155. The lowest BCUT2D eigenvalue weighted by Crippen LogP contribution is -2.50. The van der Waals surface area contributed by atoms with Gasteiger partial charge >= 0.3 is 5.97 Å². The van der Waals surface area contributed by atoms with E-state index in [9.17, 15) is 9.59 Å². The van der Waals surface area contributed by atoms with E-state index >= 15 is 0 Å². The van der Waals surface area contributed by atoms with Crippen LogP contribution in [-0.4, -0.2) is 40.0 Å². The van der Waals surface area contributed by atoms with E-state index in [2.05, 4.69) is 41.7 Å². The van der Waals surface area contributed by atoms with Crippen LogP contribution < -0.4 is 15.2 Å². The number of rotatable bonds is 2. The predicted molar refractivity (Wildman–Crippen MR) is 127 cm³/mol. The Morgan fingerprint density at radius 3 is 2.68 bits per heavy atom.